The molecule has 1 N–H and O–H groups in total. The number of anilines is 1. The lowest BCUT2D eigenvalue weighted by Gasteiger charge is -2.24. The number of benzene rings is 2. The minimum Gasteiger partial charge on any atom is -0.481 e. The molecule has 0 saturated heterocycles. The number of nitrogens with zero attached hydrogens (tertiary/aromatic N) is 1. The fourth-order valence-corrected chi connectivity index (χ4v) is 3.80. The van der Waals surface area contributed by atoms with E-state index in [9.17, 15) is 13.2 Å². The van der Waals surface area contributed by atoms with Crippen LogP contribution in [0.15, 0.2) is 42.5 Å². The van der Waals surface area contributed by atoms with Crippen molar-refractivity contribution in [2.75, 3.05) is 17.6 Å². The van der Waals surface area contributed by atoms with E-state index >= 15 is 0 Å². The van der Waals surface area contributed by atoms with E-state index in [1.807, 2.05) is 13.8 Å². The number of hydrogen-bond acceptors (Lipinski definition) is 4. The van der Waals surface area contributed by atoms with E-state index in [1.165, 1.54) is 16.9 Å². The van der Waals surface area contributed by atoms with Gasteiger partial charge in [0.25, 0.3) is 5.91 Å². The molecule has 2 rings (SSSR count). The molecule has 2 atom stereocenters. The van der Waals surface area contributed by atoms with Gasteiger partial charge in [-0.2, -0.15) is 0 Å². The minimum absolute atomic E-state index is 0.0819. The normalized spacial score (nSPS) is 13.4. The van der Waals surface area contributed by atoms with Gasteiger partial charge in [0.2, 0.25) is 10.0 Å². The van der Waals surface area contributed by atoms with Gasteiger partial charge in [0.05, 0.1) is 18.0 Å². The van der Waals surface area contributed by atoms with Crippen molar-refractivity contribution in [3.05, 3.63) is 59.2 Å². The highest BCUT2D eigenvalue weighted by molar-refractivity contribution is 7.92. The van der Waals surface area contributed by atoms with Crippen molar-refractivity contribution >= 4 is 21.6 Å². The van der Waals surface area contributed by atoms with E-state index in [4.69, 9.17) is 4.74 Å². The average Bonchev–Trinajstić information content (AvgIpc) is 2.69. The van der Waals surface area contributed by atoms with E-state index in [1.54, 1.807) is 24.3 Å². The largest absolute Gasteiger partial charge is 0.481 e. The Bertz CT molecular complexity index is 971. The van der Waals surface area contributed by atoms with Gasteiger partial charge in [-0.1, -0.05) is 37.6 Å². The first kappa shape index (κ1) is 23.7. The second kappa shape index (κ2) is 9.98. The number of nitrogens with one attached hydrogen (secondary N) is 1. The highest BCUT2D eigenvalue weighted by Crippen LogP contribution is 2.24. The quantitative estimate of drug-likeness (QED) is 0.647. The highest BCUT2D eigenvalue weighted by atomic mass is 32.2. The molecular formula is C23H32N2O4S. The summed E-state index contributed by atoms with van der Waals surface area (Å²) in [6.07, 6.45) is 1.80. The predicted octanol–water partition coefficient (Wildman–Crippen LogP) is 4.12. The van der Waals surface area contributed by atoms with Crippen LogP contribution in [-0.4, -0.2) is 33.7 Å². The molecule has 164 valence electrons. The molecule has 0 heterocycles. The molecule has 0 aromatic heterocycles. The van der Waals surface area contributed by atoms with Crippen molar-refractivity contribution in [3.63, 3.8) is 0 Å². The molecule has 0 spiro atoms. The third-order valence-electron chi connectivity index (χ3n) is 5.16. The summed E-state index contributed by atoms with van der Waals surface area (Å²) in [5.41, 5.74) is 3.99. The van der Waals surface area contributed by atoms with Crippen molar-refractivity contribution in [3.8, 4) is 5.75 Å². The number of ether oxygens (including phenoxy) is 1. The predicted molar refractivity (Wildman–Crippen MR) is 121 cm³/mol. The molecule has 0 aliphatic carbocycles. The van der Waals surface area contributed by atoms with Gasteiger partial charge in [-0.25, -0.2) is 8.42 Å². The van der Waals surface area contributed by atoms with E-state index in [-0.39, 0.29) is 11.9 Å². The number of aryl methyl sites for hydroxylation is 2. The second-order valence-electron chi connectivity index (χ2n) is 7.57. The summed E-state index contributed by atoms with van der Waals surface area (Å²) >= 11 is 0. The van der Waals surface area contributed by atoms with Gasteiger partial charge in [-0.05, 0) is 62.1 Å². The van der Waals surface area contributed by atoms with Crippen LogP contribution in [0.4, 0.5) is 5.69 Å². The summed E-state index contributed by atoms with van der Waals surface area (Å²) in [5, 5.41) is 3.11. The summed E-state index contributed by atoms with van der Waals surface area (Å²) in [6.45, 7) is 8.05. The van der Waals surface area contributed by atoms with E-state index in [2.05, 4.69) is 37.4 Å². The zero-order valence-corrected chi connectivity index (χ0v) is 19.4. The smallest absolute Gasteiger partial charge is 0.261 e. The number of carbonyl (C=O) groups is 1. The molecule has 1 amide bonds. The summed E-state index contributed by atoms with van der Waals surface area (Å²) in [7, 11) is -1.84. The van der Waals surface area contributed by atoms with Crippen LogP contribution < -0.4 is 14.4 Å². The Morgan fingerprint density at radius 3 is 2.20 bits per heavy atom. The zero-order valence-electron chi connectivity index (χ0n) is 18.6. The Balaban J connectivity index is 2.10. The fraction of sp³-hybridized carbons (Fsp3) is 0.435. The van der Waals surface area contributed by atoms with Gasteiger partial charge in [0.1, 0.15) is 5.75 Å². The molecule has 0 saturated carbocycles. The lowest BCUT2D eigenvalue weighted by molar-refractivity contribution is -0.128. The lowest BCUT2D eigenvalue weighted by atomic mass is 9.97. The Morgan fingerprint density at radius 2 is 1.70 bits per heavy atom. The first-order chi connectivity index (χ1) is 14.1. The summed E-state index contributed by atoms with van der Waals surface area (Å²) in [6, 6.07) is 12.8. The van der Waals surface area contributed by atoms with Crippen molar-refractivity contribution < 1.29 is 17.9 Å². The molecule has 2 aromatic carbocycles. The third kappa shape index (κ3) is 5.98. The highest BCUT2D eigenvalue weighted by Gasteiger charge is 2.23. The Kier molecular flexibility index (Phi) is 7.89. The topological polar surface area (TPSA) is 75.7 Å². The van der Waals surface area contributed by atoms with Crippen molar-refractivity contribution in [1.29, 1.82) is 0 Å². The fourth-order valence-electron chi connectivity index (χ4n) is 3.29. The first-order valence-electron chi connectivity index (χ1n) is 10.1. The standard InChI is InChI=1S/C23H32N2O4S/c1-7-21(20-14-9-16(3)15-17(20)4)24-23(26)22(8-2)29-19-12-10-18(11-13-19)25(5)30(6,27)28/h9-15,21-22H,7-8H2,1-6H3,(H,24,26)/t21-,22-/m1/s1. The van der Waals surface area contributed by atoms with Crippen LogP contribution >= 0.6 is 0 Å². The molecular weight excluding hydrogens is 400 g/mol. The van der Waals surface area contributed by atoms with Crippen LogP contribution in [0, 0.1) is 13.8 Å². The van der Waals surface area contributed by atoms with Crippen LogP contribution in [0.2, 0.25) is 0 Å². The van der Waals surface area contributed by atoms with Crippen LogP contribution in [0.3, 0.4) is 0 Å². The van der Waals surface area contributed by atoms with Crippen LogP contribution in [0.25, 0.3) is 0 Å². The van der Waals surface area contributed by atoms with Gasteiger partial charge in [0, 0.05) is 7.05 Å². The Labute approximate surface area is 180 Å². The summed E-state index contributed by atoms with van der Waals surface area (Å²) < 4.78 is 30.4. The van der Waals surface area contributed by atoms with E-state index in [0.717, 1.165) is 23.8 Å². The van der Waals surface area contributed by atoms with Crippen LogP contribution in [0.5, 0.6) is 5.75 Å². The number of amides is 1. The minimum atomic E-state index is -3.33. The van der Waals surface area contributed by atoms with Gasteiger partial charge >= 0.3 is 0 Å². The monoisotopic (exact) mass is 432 g/mol. The molecule has 7 heteroatoms. The number of carbonyl (C=O) groups excluding carboxylic acids is 1. The van der Waals surface area contributed by atoms with Crippen molar-refractivity contribution in [2.24, 2.45) is 0 Å². The number of hydrogen-bond donors (Lipinski definition) is 1. The van der Waals surface area contributed by atoms with E-state index in [0.29, 0.717) is 17.9 Å². The SMILES string of the molecule is CC[C@@H](Oc1ccc(N(C)S(C)(=O)=O)cc1)C(=O)N[C@H](CC)c1ccc(C)cc1C. The molecule has 0 aliphatic rings. The Morgan fingerprint density at radius 1 is 1.07 bits per heavy atom. The lowest BCUT2D eigenvalue weighted by Crippen LogP contribution is -2.40. The number of sulfonamides is 1. The van der Waals surface area contributed by atoms with Gasteiger partial charge in [0.15, 0.2) is 6.10 Å². The molecule has 30 heavy (non-hydrogen) atoms. The maximum atomic E-state index is 12.9. The average molecular weight is 433 g/mol. The van der Waals surface area contributed by atoms with Crippen molar-refractivity contribution in [1.82, 2.24) is 5.32 Å². The molecule has 0 fully saturated rings. The molecule has 0 radical (unpaired) electrons. The molecule has 0 bridgehead atoms. The van der Waals surface area contributed by atoms with Crippen LogP contribution in [0.1, 0.15) is 49.4 Å². The molecule has 0 unspecified atom stereocenters. The summed E-state index contributed by atoms with van der Waals surface area (Å²) in [4.78, 5) is 12.9. The second-order valence-corrected chi connectivity index (χ2v) is 9.58. The number of rotatable bonds is 9. The maximum Gasteiger partial charge on any atom is 0.261 e. The van der Waals surface area contributed by atoms with Gasteiger partial charge in [-0.3, -0.25) is 9.10 Å². The molecule has 6 nitrogen and oxygen atoms in total. The Hall–Kier alpha value is -2.54. The van der Waals surface area contributed by atoms with Gasteiger partial charge < -0.3 is 10.1 Å². The first-order valence-corrected chi connectivity index (χ1v) is 12.0. The summed E-state index contributed by atoms with van der Waals surface area (Å²) in [5.74, 6) is 0.351. The van der Waals surface area contributed by atoms with Gasteiger partial charge in [-0.15, -0.1) is 0 Å². The maximum absolute atomic E-state index is 12.9. The molecule has 2 aromatic rings. The zero-order chi connectivity index (χ0) is 22.5. The van der Waals surface area contributed by atoms with E-state index < -0.39 is 16.1 Å². The van der Waals surface area contributed by atoms with Crippen LogP contribution in [-0.2, 0) is 14.8 Å². The molecule has 0 aliphatic heterocycles. The van der Waals surface area contributed by atoms with Crippen molar-refractivity contribution in [2.45, 2.75) is 52.7 Å². The third-order valence-corrected chi connectivity index (χ3v) is 6.37.